The van der Waals surface area contributed by atoms with E-state index in [1.807, 2.05) is 60.7 Å². The Morgan fingerprint density at radius 3 is 2.26 bits per heavy atom. The van der Waals surface area contributed by atoms with E-state index in [9.17, 15) is 4.79 Å². The van der Waals surface area contributed by atoms with Gasteiger partial charge in [-0.15, -0.1) is 0 Å². The minimum absolute atomic E-state index is 0.0362. The molecule has 2 aromatic rings. The lowest BCUT2D eigenvalue weighted by molar-refractivity contribution is -0.122. The van der Waals surface area contributed by atoms with Crippen LogP contribution in [-0.4, -0.2) is 11.6 Å². The molecule has 94 valence electrons. The number of nitrogens with zero attached hydrogens (tertiary/aromatic N) is 1. The molecule has 1 aliphatic heterocycles. The molecule has 0 saturated heterocycles. The van der Waals surface area contributed by atoms with Crippen molar-refractivity contribution in [3.05, 3.63) is 71.8 Å². The number of benzene rings is 2. The molecule has 1 heterocycles. The molecular formula is C16H14N2O. The second kappa shape index (κ2) is 5.06. The molecule has 2 aromatic carbocycles. The van der Waals surface area contributed by atoms with Crippen LogP contribution in [-0.2, 0) is 4.79 Å². The zero-order valence-electron chi connectivity index (χ0n) is 10.4. The Morgan fingerprint density at radius 1 is 0.947 bits per heavy atom. The predicted molar refractivity (Wildman–Crippen MR) is 74.9 cm³/mol. The van der Waals surface area contributed by atoms with Crippen molar-refractivity contribution in [3.8, 4) is 0 Å². The molecule has 0 aromatic heterocycles. The van der Waals surface area contributed by atoms with Gasteiger partial charge in [-0.2, -0.15) is 5.10 Å². The summed E-state index contributed by atoms with van der Waals surface area (Å²) in [6, 6.07) is 19.8. The van der Waals surface area contributed by atoms with Crippen LogP contribution < -0.4 is 5.43 Å². The van der Waals surface area contributed by atoms with Crippen LogP contribution in [0.5, 0.6) is 0 Å². The summed E-state index contributed by atoms with van der Waals surface area (Å²) in [5, 5.41) is 4.17. The Bertz CT molecular complexity index is 605. The van der Waals surface area contributed by atoms with Crippen LogP contribution in [0.1, 0.15) is 23.5 Å². The highest BCUT2D eigenvalue weighted by Gasteiger charge is 2.26. The quantitative estimate of drug-likeness (QED) is 0.874. The van der Waals surface area contributed by atoms with Crippen molar-refractivity contribution in [2.75, 3.05) is 0 Å². The van der Waals surface area contributed by atoms with Gasteiger partial charge in [0.15, 0.2) is 0 Å². The fourth-order valence-corrected chi connectivity index (χ4v) is 2.30. The summed E-state index contributed by atoms with van der Waals surface area (Å²) in [5.74, 6) is -0.195. The van der Waals surface area contributed by atoms with Gasteiger partial charge in [0.1, 0.15) is 0 Å². The maximum Gasteiger partial charge on any atom is 0.248 e. The largest absolute Gasteiger partial charge is 0.272 e. The first-order chi connectivity index (χ1) is 9.34. The van der Waals surface area contributed by atoms with Crippen LogP contribution in [0.3, 0.4) is 0 Å². The topological polar surface area (TPSA) is 41.5 Å². The summed E-state index contributed by atoms with van der Waals surface area (Å²) < 4.78 is 0. The number of amides is 1. The third kappa shape index (κ3) is 2.40. The second-order valence-corrected chi connectivity index (χ2v) is 4.57. The van der Waals surface area contributed by atoms with Crippen molar-refractivity contribution < 1.29 is 4.79 Å². The van der Waals surface area contributed by atoms with E-state index in [1.165, 1.54) is 0 Å². The first-order valence-corrected chi connectivity index (χ1v) is 6.31. The van der Waals surface area contributed by atoms with E-state index >= 15 is 0 Å². The van der Waals surface area contributed by atoms with Crippen molar-refractivity contribution in [1.82, 2.24) is 5.43 Å². The first kappa shape index (κ1) is 11.7. The van der Waals surface area contributed by atoms with Gasteiger partial charge in [-0.3, -0.25) is 4.79 Å². The zero-order valence-corrected chi connectivity index (χ0v) is 10.4. The molecular weight excluding hydrogens is 236 g/mol. The first-order valence-electron chi connectivity index (χ1n) is 6.31. The summed E-state index contributed by atoms with van der Waals surface area (Å²) in [4.78, 5) is 12.0. The van der Waals surface area contributed by atoms with Gasteiger partial charge in [0.2, 0.25) is 5.91 Å². The maximum absolute atomic E-state index is 12.0. The number of hydrogen-bond acceptors (Lipinski definition) is 2. The summed E-state index contributed by atoms with van der Waals surface area (Å²) in [6.07, 6.45) is 0.639. The van der Waals surface area contributed by atoms with E-state index in [4.69, 9.17) is 0 Å². The van der Waals surface area contributed by atoms with Gasteiger partial charge < -0.3 is 0 Å². The monoisotopic (exact) mass is 250 g/mol. The molecule has 3 heteroatoms. The molecule has 0 radical (unpaired) electrons. The van der Waals surface area contributed by atoms with Crippen molar-refractivity contribution >= 4 is 11.6 Å². The number of rotatable bonds is 2. The highest BCUT2D eigenvalue weighted by atomic mass is 16.2. The van der Waals surface area contributed by atoms with Gasteiger partial charge in [-0.25, -0.2) is 5.43 Å². The summed E-state index contributed by atoms with van der Waals surface area (Å²) in [5.41, 5.74) is 5.64. The van der Waals surface area contributed by atoms with Gasteiger partial charge in [0.25, 0.3) is 0 Å². The Labute approximate surface area is 112 Å². The van der Waals surface area contributed by atoms with Gasteiger partial charge in [0, 0.05) is 6.42 Å². The normalized spacial score (nSPS) is 18.6. The molecule has 1 N–H and O–H groups in total. The summed E-state index contributed by atoms with van der Waals surface area (Å²) >= 11 is 0. The fourth-order valence-electron chi connectivity index (χ4n) is 2.30. The summed E-state index contributed by atoms with van der Waals surface area (Å²) in [7, 11) is 0. The van der Waals surface area contributed by atoms with Gasteiger partial charge >= 0.3 is 0 Å². The van der Waals surface area contributed by atoms with Crippen LogP contribution in [0.2, 0.25) is 0 Å². The predicted octanol–water partition coefficient (Wildman–Crippen LogP) is 2.69. The molecule has 3 nitrogen and oxygen atoms in total. The van der Waals surface area contributed by atoms with Crippen LogP contribution in [0.4, 0.5) is 0 Å². The van der Waals surface area contributed by atoms with E-state index in [0.717, 1.165) is 16.8 Å². The molecule has 3 rings (SSSR count). The molecule has 1 aliphatic rings. The minimum atomic E-state index is -0.158. The van der Waals surface area contributed by atoms with Gasteiger partial charge in [0.05, 0.1) is 11.6 Å². The van der Waals surface area contributed by atoms with E-state index in [-0.39, 0.29) is 11.8 Å². The van der Waals surface area contributed by atoms with E-state index in [0.29, 0.717) is 6.42 Å². The molecule has 1 amide bonds. The van der Waals surface area contributed by atoms with Gasteiger partial charge in [-0.05, 0) is 11.1 Å². The highest BCUT2D eigenvalue weighted by molar-refractivity contribution is 6.06. The minimum Gasteiger partial charge on any atom is -0.272 e. The molecule has 0 unspecified atom stereocenters. The third-order valence-electron chi connectivity index (χ3n) is 3.32. The van der Waals surface area contributed by atoms with Crippen LogP contribution in [0.25, 0.3) is 0 Å². The van der Waals surface area contributed by atoms with E-state index < -0.39 is 0 Å². The average Bonchev–Trinajstić information content (AvgIpc) is 2.49. The Balaban J connectivity index is 1.90. The fraction of sp³-hybridized carbons (Fsp3) is 0.125. The van der Waals surface area contributed by atoms with Crippen LogP contribution in [0.15, 0.2) is 65.8 Å². The molecule has 0 saturated carbocycles. The smallest absolute Gasteiger partial charge is 0.248 e. The number of hydrazone groups is 1. The van der Waals surface area contributed by atoms with Crippen LogP contribution >= 0.6 is 0 Å². The van der Waals surface area contributed by atoms with Crippen molar-refractivity contribution in [1.29, 1.82) is 0 Å². The Morgan fingerprint density at radius 2 is 1.58 bits per heavy atom. The Hall–Kier alpha value is -2.42. The van der Waals surface area contributed by atoms with Crippen LogP contribution in [0, 0.1) is 0 Å². The molecule has 0 bridgehead atoms. The zero-order chi connectivity index (χ0) is 13.1. The van der Waals surface area contributed by atoms with Crippen molar-refractivity contribution in [2.24, 2.45) is 5.10 Å². The standard InChI is InChI=1S/C16H14N2O/c19-16-14(12-7-3-1-4-8-12)11-15(17-18-16)13-9-5-2-6-10-13/h1-10,14H,11H2,(H,18,19)/t14-/m1/s1. The highest BCUT2D eigenvalue weighted by Crippen LogP contribution is 2.24. The van der Waals surface area contributed by atoms with Crippen molar-refractivity contribution in [2.45, 2.75) is 12.3 Å². The average molecular weight is 250 g/mol. The second-order valence-electron chi connectivity index (χ2n) is 4.57. The lowest BCUT2D eigenvalue weighted by Gasteiger charge is -2.21. The molecule has 0 aliphatic carbocycles. The lowest BCUT2D eigenvalue weighted by Crippen LogP contribution is -2.33. The van der Waals surface area contributed by atoms with Gasteiger partial charge in [-0.1, -0.05) is 60.7 Å². The molecule has 19 heavy (non-hydrogen) atoms. The SMILES string of the molecule is O=C1NN=C(c2ccccc2)C[C@@H]1c1ccccc1. The number of carbonyl (C=O) groups excluding carboxylic acids is 1. The molecule has 0 spiro atoms. The summed E-state index contributed by atoms with van der Waals surface area (Å²) in [6.45, 7) is 0. The molecule has 1 atom stereocenters. The molecule has 0 fully saturated rings. The maximum atomic E-state index is 12.0. The number of carbonyl (C=O) groups is 1. The van der Waals surface area contributed by atoms with E-state index in [2.05, 4.69) is 10.5 Å². The Kier molecular flexibility index (Phi) is 3.11. The number of nitrogens with one attached hydrogen (secondary N) is 1. The lowest BCUT2D eigenvalue weighted by atomic mass is 9.89. The number of hydrogen-bond donors (Lipinski definition) is 1. The van der Waals surface area contributed by atoms with E-state index in [1.54, 1.807) is 0 Å². The third-order valence-corrected chi connectivity index (χ3v) is 3.32. The van der Waals surface area contributed by atoms with Crippen molar-refractivity contribution in [3.63, 3.8) is 0 Å².